The van der Waals surface area contributed by atoms with Gasteiger partial charge in [-0.05, 0) is 25.8 Å². The zero-order valence-corrected chi connectivity index (χ0v) is 10.6. The van der Waals surface area contributed by atoms with Crippen molar-refractivity contribution in [2.75, 3.05) is 20.3 Å². The van der Waals surface area contributed by atoms with Crippen LogP contribution in [0.15, 0.2) is 24.3 Å². The van der Waals surface area contributed by atoms with E-state index in [1.165, 1.54) is 18.4 Å². The van der Waals surface area contributed by atoms with Crippen molar-refractivity contribution in [2.45, 2.75) is 31.9 Å². The number of rotatable bonds is 5. The fourth-order valence-electron chi connectivity index (χ4n) is 2.25. The van der Waals surface area contributed by atoms with Crippen molar-refractivity contribution in [1.29, 1.82) is 0 Å². The van der Waals surface area contributed by atoms with Gasteiger partial charge in [0.25, 0.3) is 0 Å². The Balaban J connectivity index is 1.91. The van der Waals surface area contributed by atoms with Crippen LogP contribution in [0.1, 0.15) is 31.4 Å². The molecule has 0 radical (unpaired) electrons. The van der Waals surface area contributed by atoms with Crippen LogP contribution in [0.3, 0.4) is 0 Å². The zero-order chi connectivity index (χ0) is 12.1. The molecule has 2 rings (SSSR count). The van der Waals surface area contributed by atoms with E-state index in [9.17, 15) is 0 Å². The highest BCUT2D eigenvalue weighted by Crippen LogP contribution is 2.24. The van der Waals surface area contributed by atoms with Crippen LogP contribution in [-0.4, -0.2) is 26.4 Å². The number of para-hydroxylation sites is 1. The van der Waals surface area contributed by atoms with E-state index in [0.29, 0.717) is 6.10 Å². The maximum absolute atomic E-state index is 5.60. The topological polar surface area (TPSA) is 30.5 Å². The quantitative estimate of drug-likeness (QED) is 0.850. The molecule has 1 aromatic carbocycles. The van der Waals surface area contributed by atoms with Gasteiger partial charge in [0, 0.05) is 24.8 Å². The van der Waals surface area contributed by atoms with Gasteiger partial charge in [-0.3, -0.25) is 0 Å². The molecule has 1 N–H and O–H groups in total. The van der Waals surface area contributed by atoms with Crippen molar-refractivity contribution in [1.82, 2.24) is 5.32 Å². The lowest BCUT2D eigenvalue weighted by atomic mass is 10.1. The second kappa shape index (κ2) is 6.03. The van der Waals surface area contributed by atoms with Crippen LogP contribution >= 0.6 is 0 Å². The minimum absolute atomic E-state index is 0.287. The highest BCUT2D eigenvalue weighted by atomic mass is 16.5. The summed E-state index contributed by atoms with van der Waals surface area (Å²) in [7, 11) is 1.71. The Kier molecular flexibility index (Phi) is 4.40. The summed E-state index contributed by atoms with van der Waals surface area (Å²) in [5.74, 6) is 0.944. The molecule has 1 heterocycles. The number of hydrogen-bond acceptors (Lipinski definition) is 3. The Labute approximate surface area is 103 Å². The first kappa shape index (κ1) is 12.4. The summed E-state index contributed by atoms with van der Waals surface area (Å²) >= 11 is 0. The van der Waals surface area contributed by atoms with E-state index in [2.05, 4.69) is 18.3 Å². The van der Waals surface area contributed by atoms with E-state index in [4.69, 9.17) is 9.47 Å². The van der Waals surface area contributed by atoms with E-state index in [0.717, 1.165) is 18.9 Å². The Hall–Kier alpha value is -1.06. The predicted molar refractivity (Wildman–Crippen MR) is 68.4 cm³/mol. The van der Waals surface area contributed by atoms with Gasteiger partial charge in [0.2, 0.25) is 0 Å². The van der Waals surface area contributed by atoms with Crippen molar-refractivity contribution < 1.29 is 9.47 Å². The summed E-state index contributed by atoms with van der Waals surface area (Å²) in [5, 5.41) is 3.51. The highest BCUT2D eigenvalue weighted by Gasteiger charge is 2.17. The Morgan fingerprint density at radius 3 is 3.00 bits per heavy atom. The maximum Gasteiger partial charge on any atom is 0.123 e. The van der Waals surface area contributed by atoms with Crippen LogP contribution in [0, 0.1) is 0 Å². The molecule has 0 bridgehead atoms. The van der Waals surface area contributed by atoms with E-state index in [1.807, 2.05) is 18.2 Å². The third-order valence-electron chi connectivity index (χ3n) is 3.28. The lowest BCUT2D eigenvalue weighted by Gasteiger charge is -2.19. The Morgan fingerprint density at radius 1 is 1.47 bits per heavy atom. The molecule has 3 nitrogen and oxygen atoms in total. The van der Waals surface area contributed by atoms with Crippen molar-refractivity contribution in [3.63, 3.8) is 0 Å². The zero-order valence-electron chi connectivity index (χ0n) is 10.6. The van der Waals surface area contributed by atoms with Crippen LogP contribution in [0.2, 0.25) is 0 Å². The van der Waals surface area contributed by atoms with E-state index >= 15 is 0 Å². The van der Waals surface area contributed by atoms with Gasteiger partial charge in [-0.25, -0.2) is 0 Å². The molecular weight excluding hydrogens is 214 g/mol. The maximum atomic E-state index is 5.60. The molecule has 0 aromatic heterocycles. The van der Waals surface area contributed by atoms with E-state index < -0.39 is 0 Å². The second-order valence-electron chi connectivity index (χ2n) is 4.51. The monoisotopic (exact) mass is 235 g/mol. The van der Waals surface area contributed by atoms with Crippen LogP contribution in [0.4, 0.5) is 0 Å². The smallest absolute Gasteiger partial charge is 0.123 e. The molecule has 3 heteroatoms. The van der Waals surface area contributed by atoms with E-state index in [1.54, 1.807) is 7.11 Å². The highest BCUT2D eigenvalue weighted by molar-refractivity contribution is 5.35. The van der Waals surface area contributed by atoms with Crippen molar-refractivity contribution in [3.05, 3.63) is 29.8 Å². The van der Waals surface area contributed by atoms with Gasteiger partial charge in [-0.2, -0.15) is 0 Å². The van der Waals surface area contributed by atoms with Crippen LogP contribution in [0.25, 0.3) is 0 Å². The summed E-state index contributed by atoms with van der Waals surface area (Å²) in [6.45, 7) is 3.99. The van der Waals surface area contributed by atoms with Gasteiger partial charge in [0.1, 0.15) is 5.75 Å². The molecule has 1 aliphatic heterocycles. The van der Waals surface area contributed by atoms with Crippen LogP contribution in [-0.2, 0) is 4.74 Å². The van der Waals surface area contributed by atoms with Gasteiger partial charge < -0.3 is 14.8 Å². The van der Waals surface area contributed by atoms with Gasteiger partial charge in [0.15, 0.2) is 0 Å². The van der Waals surface area contributed by atoms with Crippen LogP contribution in [0.5, 0.6) is 5.75 Å². The summed E-state index contributed by atoms with van der Waals surface area (Å²) in [5.41, 5.74) is 1.20. The fraction of sp³-hybridized carbons (Fsp3) is 0.571. The van der Waals surface area contributed by atoms with Crippen LogP contribution < -0.4 is 10.1 Å². The number of ether oxygens (including phenoxy) is 2. The van der Waals surface area contributed by atoms with Gasteiger partial charge in [-0.15, -0.1) is 0 Å². The molecule has 17 heavy (non-hydrogen) atoms. The Morgan fingerprint density at radius 2 is 2.29 bits per heavy atom. The molecule has 1 fully saturated rings. The third kappa shape index (κ3) is 3.20. The lowest BCUT2D eigenvalue weighted by molar-refractivity contribution is 0.108. The fourth-order valence-corrected chi connectivity index (χ4v) is 2.25. The minimum atomic E-state index is 0.287. The van der Waals surface area contributed by atoms with E-state index in [-0.39, 0.29) is 6.04 Å². The van der Waals surface area contributed by atoms with Crippen molar-refractivity contribution in [2.24, 2.45) is 0 Å². The molecule has 0 saturated carbocycles. The molecule has 1 saturated heterocycles. The SMILES string of the molecule is COc1ccccc1[C@@H](C)NC[C@@H]1CCCO1. The normalized spacial score (nSPS) is 21.4. The molecule has 0 aliphatic carbocycles. The average molecular weight is 235 g/mol. The van der Waals surface area contributed by atoms with Crippen molar-refractivity contribution >= 4 is 0 Å². The molecule has 0 spiro atoms. The first-order valence-corrected chi connectivity index (χ1v) is 6.29. The van der Waals surface area contributed by atoms with Gasteiger partial charge >= 0.3 is 0 Å². The average Bonchev–Trinajstić information content (AvgIpc) is 2.89. The first-order valence-electron chi connectivity index (χ1n) is 6.29. The van der Waals surface area contributed by atoms with Crippen molar-refractivity contribution in [3.8, 4) is 5.75 Å². The number of nitrogens with one attached hydrogen (secondary N) is 1. The molecule has 2 atom stereocenters. The van der Waals surface area contributed by atoms with Gasteiger partial charge in [-0.1, -0.05) is 18.2 Å². The summed E-state index contributed by atoms with van der Waals surface area (Å²) < 4.78 is 11.0. The first-order chi connectivity index (χ1) is 8.31. The lowest BCUT2D eigenvalue weighted by Crippen LogP contribution is -2.28. The summed E-state index contributed by atoms with van der Waals surface area (Å²) in [6, 6.07) is 8.43. The summed E-state index contributed by atoms with van der Waals surface area (Å²) in [4.78, 5) is 0. The standard InChI is InChI=1S/C14H21NO2/c1-11(15-10-12-6-5-9-17-12)13-7-3-4-8-14(13)16-2/h3-4,7-8,11-12,15H,5-6,9-10H2,1-2H3/t11-,12+/m1/s1. The number of benzene rings is 1. The predicted octanol–water partition coefficient (Wildman–Crippen LogP) is 2.52. The molecule has 0 unspecified atom stereocenters. The second-order valence-corrected chi connectivity index (χ2v) is 4.51. The molecule has 94 valence electrons. The number of hydrogen-bond donors (Lipinski definition) is 1. The number of methoxy groups -OCH3 is 1. The third-order valence-corrected chi connectivity index (χ3v) is 3.28. The molecule has 1 aliphatic rings. The molecule has 1 aromatic rings. The van der Waals surface area contributed by atoms with Gasteiger partial charge in [0.05, 0.1) is 13.2 Å². The molecule has 0 amide bonds. The largest absolute Gasteiger partial charge is 0.496 e. The Bertz CT molecular complexity index is 348. The molecular formula is C14H21NO2. The summed E-state index contributed by atoms with van der Waals surface area (Å²) in [6.07, 6.45) is 2.74. The minimum Gasteiger partial charge on any atom is -0.496 e.